The number of rotatable bonds is 4. The predicted octanol–water partition coefficient (Wildman–Crippen LogP) is 4.00. The van der Waals surface area contributed by atoms with Crippen molar-refractivity contribution in [2.45, 2.75) is 19.9 Å². The lowest BCUT2D eigenvalue weighted by molar-refractivity contribution is 0.613. The smallest absolute Gasteiger partial charge is 0.128 e. The second-order valence-corrected chi connectivity index (χ2v) is 3.96. The minimum atomic E-state index is -0.158. The molecule has 0 radical (unpaired) electrons. The number of anilines is 1. The Hall–Kier alpha value is -1.83. The lowest BCUT2D eigenvalue weighted by Gasteiger charge is -2.11. The first-order chi connectivity index (χ1) is 8.31. The van der Waals surface area contributed by atoms with Crippen LogP contribution in [0.2, 0.25) is 0 Å². The van der Waals surface area contributed by atoms with E-state index in [1.54, 1.807) is 12.1 Å². The molecule has 0 aliphatic rings. The lowest BCUT2D eigenvalue weighted by Crippen LogP contribution is -2.03. The van der Waals surface area contributed by atoms with Crippen LogP contribution in [-0.4, -0.2) is 0 Å². The summed E-state index contributed by atoms with van der Waals surface area (Å²) in [6, 6.07) is 15.0. The third-order valence-corrected chi connectivity index (χ3v) is 2.83. The summed E-state index contributed by atoms with van der Waals surface area (Å²) in [4.78, 5) is 0. The van der Waals surface area contributed by atoms with Gasteiger partial charge in [-0.25, -0.2) is 4.39 Å². The van der Waals surface area contributed by atoms with E-state index in [0.717, 1.165) is 12.1 Å². The third-order valence-electron chi connectivity index (χ3n) is 2.83. The molecule has 0 spiro atoms. The van der Waals surface area contributed by atoms with Gasteiger partial charge in [0.2, 0.25) is 0 Å². The summed E-state index contributed by atoms with van der Waals surface area (Å²) >= 11 is 0. The maximum absolute atomic E-state index is 13.4. The molecule has 2 rings (SSSR count). The van der Waals surface area contributed by atoms with Crippen LogP contribution in [0.3, 0.4) is 0 Å². The Morgan fingerprint density at radius 3 is 2.29 bits per heavy atom. The fourth-order valence-corrected chi connectivity index (χ4v) is 1.83. The Bertz CT molecular complexity index is 494. The normalized spacial score (nSPS) is 10.2. The number of nitrogens with one attached hydrogen (secondary N) is 1. The summed E-state index contributed by atoms with van der Waals surface area (Å²) in [5, 5.41) is 3.28. The van der Waals surface area contributed by atoms with Gasteiger partial charge in [0.1, 0.15) is 5.82 Å². The van der Waals surface area contributed by atoms with Crippen molar-refractivity contribution in [2.24, 2.45) is 0 Å². The zero-order valence-electron chi connectivity index (χ0n) is 9.91. The molecule has 0 heterocycles. The molecule has 0 aromatic heterocycles. The molecule has 17 heavy (non-hydrogen) atoms. The fraction of sp³-hybridized carbons (Fsp3) is 0.200. The maximum atomic E-state index is 13.4. The summed E-state index contributed by atoms with van der Waals surface area (Å²) in [6.45, 7) is 2.63. The number of hydrogen-bond donors (Lipinski definition) is 1. The summed E-state index contributed by atoms with van der Waals surface area (Å²) in [5.74, 6) is -0.158. The largest absolute Gasteiger partial charge is 0.381 e. The van der Waals surface area contributed by atoms with Gasteiger partial charge < -0.3 is 5.32 Å². The van der Waals surface area contributed by atoms with Gasteiger partial charge in [-0.2, -0.15) is 0 Å². The van der Waals surface area contributed by atoms with Crippen LogP contribution in [0.4, 0.5) is 10.1 Å². The van der Waals surface area contributed by atoms with E-state index in [1.807, 2.05) is 24.3 Å². The third kappa shape index (κ3) is 2.84. The minimum Gasteiger partial charge on any atom is -0.381 e. The molecule has 1 N–H and O–H groups in total. The standard InChI is InChI=1S/C15H16FN/c1-2-12-7-4-6-10-15(12)17-11-13-8-3-5-9-14(13)16/h3-10,17H,2,11H2,1H3. The molecule has 2 heteroatoms. The summed E-state index contributed by atoms with van der Waals surface area (Å²) in [7, 11) is 0. The van der Waals surface area contributed by atoms with E-state index < -0.39 is 0 Å². The van der Waals surface area contributed by atoms with Crippen molar-refractivity contribution in [3.05, 3.63) is 65.5 Å². The van der Waals surface area contributed by atoms with Crippen LogP contribution in [0, 0.1) is 5.82 Å². The molecule has 1 nitrogen and oxygen atoms in total. The van der Waals surface area contributed by atoms with Gasteiger partial charge in [0.15, 0.2) is 0 Å². The average Bonchev–Trinajstić information content (AvgIpc) is 2.38. The Morgan fingerprint density at radius 2 is 1.59 bits per heavy atom. The highest BCUT2D eigenvalue weighted by Crippen LogP contribution is 2.17. The Labute approximate surface area is 101 Å². The quantitative estimate of drug-likeness (QED) is 0.835. The SMILES string of the molecule is CCc1ccccc1NCc1ccccc1F. The van der Waals surface area contributed by atoms with Gasteiger partial charge in [-0.1, -0.05) is 43.3 Å². The Morgan fingerprint density at radius 1 is 0.941 bits per heavy atom. The van der Waals surface area contributed by atoms with Crippen LogP contribution in [-0.2, 0) is 13.0 Å². The van der Waals surface area contributed by atoms with Crippen LogP contribution in [0.25, 0.3) is 0 Å². The van der Waals surface area contributed by atoms with Crippen LogP contribution in [0.1, 0.15) is 18.1 Å². The maximum Gasteiger partial charge on any atom is 0.128 e. The molecule has 0 aliphatic carbocycles. The van der Waals surface area contributed by atoms with E-state index in [-0.39, 0.29) is 5.82 Å². The topological polar surface area (TPSA) is 12.0 Å². The molecule has 0 fully saturated rings. The number of halogens is 1. The highest BCUT2D eigenvalue weighted by molar-refractivity contribution is 5.51. The second kappa shape index (κ2) is 5.48. The molecule has 0 saturated carbocycles. The molecular weight excluding hydrogens is 213 g/mol. The first-order valence-electron chi connectivity index (χ1n) is 5.86. The van der Waals surface area contributed by atoms with Crippen LogP contribution in [0.15, 0.2) is 48.5 Å². The van der Waals surface area contributed by atoms with E-state index in [1.165, 1.54) is 11.6 Å². The number of hydrogen-bond acceptors (Lipinski definition) is 1. The second-order valence-electron chi connectivity index (χ2n) is 3.96. The Kier molecular flexibility index (Phi) is 3.76. The van der Waals surface area contributed by atoms with Crippen molar-refractivity contribution in [1.82, 2.24) is 0 Å². The lowest BCUT2D eigenvalue weighted by atomic mass is 10.1. The van der Waals surface area contributed by atoms with Crippen LogP contribution < -0.4 is 5.32 Å². The van der Waals surface area contributed by atoms with Gasteiger partial charge in [-0.05, 0) is 24.1 Å². The molecule has 0 bridgehead atoms. The van der Waals surface area contributed by atoms with E-state index in [0.29, 0.717) is 12.1 Å². The van der Waals surface area contributed by atoms with E-state index in [9.17, 15) is 4.39 Å². The van der Waals surface area contributed by atoms with Gasteiger partial charge in [0.25, 0.3) is 0 Å². The molecular formula is C15H16FN. The van der Waals surface area contributed by atoms with Crippen molar-refractivity contribution >= 4 is 5.69 Å². The van der Waals surface area contributed by atoms with Gasteiger partial charge >= 0.3 is 0 Å². The number of aryl methyl sites for hydroxylation is 1. The van der Waals surface area contributed by atoms with Crippen LogP contribution in [0.5, 0.6) is 0 Å². The highest BCUT2D eigenvalue weighted by atomic mass is 19.1. The van der Waals surface area contributed by atoms with Crippen molar-refractivity contribution in [2.75, 3.05) is 5.32 Å². The number of para-hydroxylation sites is 1. The van der Waals surface area contributed by atoms with Gasteiger partial charge in [0.05, 0.1) is 0 Å². The minimum absolute atomic E-state index is 0.158. The van der Waals surface area contributed by atoms with Gasteiger partial charge in [0, 0.05) is 17.8 Å². The van der Waals surface area contributed by atoms with E-state index in [4.69, 9.17) is 0 Å². The zero-order valence-corrected chi connectivity index (χ0v) is 9.91. The molecule has 0 aliphatic heterocycles. The zero-order chi connectivity index (χ0) is 12.1. The molecule has 0 unspecified atom stereocenters. The van der Waals surface area contributed by atoms with Crippen LogP contribution >= 0.6 is 0 Å². The molecule has 88 valence electrons. The fourth-order valence-electron chi connectivity index (χ4n) is 1.83. The summed E-state index contributed by atoms with van der Waals surface area (Å²) in [6.07, 6.45) is 0.973. The predicted molar refractivity (Wildman–Crippen MR) is 69.5 cm³/mol. The molecule has 2 aromatic rings. The van der Waals surface area contributed by atoms with Crippen molar-refractivity contribution in [3.63, 3.8) is 0 Å². The van der Waals surface area contributed by atoms with E-state index >= 15 is 0 Å². The molecule has 0 amide bonds. The Balaban J connectivity index is 2.10. The van der Waals surface area contributed by atoms with Crippen molar-refractivity contribution in [3.8, 4) is 0 Å². The van der Waals surface area contributed by atoms with Crippen molar-refractivity contribution in [1.29, 1.82) is 0 Å². The monoisotopic (exact) mass is 229 g/mol. The first-order valence-corrected chi connectivity index (χ1v) is 5.86. The highest BCUT2D eigenvalue weighted by Gasteiger charge is 2.02. The van der Waals surface area contributed by atoms with Gasteiger partial charge in [-0.15, -0.1) is 0 Å². The number of benzene rings is 2. The van der Waals surface area contributed by atoms with Crippen molar-refractivity contribution < 1.29 is 4.39 Å². The van der Waals surface area contributed by atoms with Gasteiger partial charge in [-0.3, -0.25) is 0 Å². The summed E-state index contributed by atoms with van der Waals surface area (Å²) < 4.78 is 13.4. The molecule has 2 aromatic carbocycles. The summed E-state index contributed by atoms with van der Waals surface area (Å²) in [5.41, 5.74) is 3.03. The van der Waals surface area contributed by atoms with E-state index in [2.05, 4.69) is 18.3 Å². The first kappa shape index (κ1) is 11.6. The molecule has 0 saturated heterocycles. The average molecular weight is 229 g/mol. The molecule has 0 atom stereocenters.